The molecule has 0 aliphatic heterocycles. The van der Waals surface area contributed by atoms with Gasteiger partial charge in [0, 0.05) is 51.2 Å². The van der Waals surface area contributed by atoms with Crippen LogP contribution in [0.2, 0.25) is 0 Å². The van der Waals surface area contributed by atoms with Crippen LogP contribution in [0.3, 0.4) is 0 Å². The third-order valence-corrected chi connectivity index (χ3v) is 6.30. The monoisotopic (exact) mass is 503 g/mol. The highest BCUT2D eigenvalue weighted by molar-refractivity contribution is 7.18. The van der Waals surface area contributed by atoms with Crippen LogP contribution >= 0.6 is 11.3 Å². The molecule has 3 aromatic heterocycles. The van der Waals surface area contributed by atoms with Crippen molar-refractivity contribution in [2.24, 2.45) is 0 Å². The minimum Gasteiger partial charge on any atom is -0.468 e. The van der Waals surface area contributed by atoms with E-state index in [4.69, 9.17) is 4.74 Å². The Labute approximate surface area is 214 Å². The summed E-state index contributed by atoms with van der Waals surface area (Å²) in [6.45, 7) is 0.862. The van der Waals surface area contributed by atoms with Crippen LogP contribution < -0.4 is 15.0 Å². The second-order valence-corrected chi connectivity index (χ2v) is 9.63. The van der Waals surface area contributed by atoms with Crippen molar-refractivity contribution in [2.75, 3.05) is 45.0 Å². The summed E-state index contributed by atoms with van der Waals surface area (Å²) < 4.78 is 6.41. The van der Waals surface area contributed by atoms with E-state index in [1.165, 1.54) is 17.5 Å². The lowest BCUT2D eigenvalue weighted by Gasteiger charge is -2.24. The van der Waals surface area contributed by atoms with Crippen LogP contribution in [0, 0.1) is 0 Å². The SMILES string of the molecule is CN(C)CC[C@H](Oc1ncc(C(=O)Nc2nnc(-c3ccncc3)s2)cc1N(C)C)c1ccccc1. The maximum atomic E-state index is 13.0. The van der Waals surface area contributed by atoms with Crippen molar-refractivity contribution in [3.63, 3.8) is 0 Å². The van der Waals surface area contributed by atoms with Gasteiger partial charge >= 0.3 is 0 Å². The molecule has 3 heterocycles. The van der Waals surface area contributed by atoms with Crippen molar-refractivity contribution in [3.8, 4) is 16.5 Å². The molecule has 0 unspecified atom stereocenters. The number of hydrogen-bond donors (Lipinski definition) is 1. The zero-order chi connectivity index (χ0) is 25.5. The molecule has 36 heavy (non-hydrogen) atoms. The van der Waals surface area contributed by atoms with Gasteiger partial charge in [0.2, 0.25) is 11.0 Å². The Balaban J connectivity index is 1.53. The van der Waals surface area contributed by atoms with E-state index in [1.807, 2.05) is 63.4 Å². The Bertz CT molecular complexity index is 1280. The first-order valence-corrected chi connectivity index (χ1v) is 12.3. The molecule has 4 rings (SSSR count). The number of carbonyl (C=O) groups is 1. The normalized spacial score (nSPS) is 11.8. The first kappa shape index (κ1) is 25.2. The van der Waals surface area contributed by atoms with Gasteiger partial charge in [0.25, 0.3) is 5.91 Å². The summed E-state index contributed by atoms with van der Waals surface area (Å²) in [4.78, 5) is 25.5. The van der Waals surface area contributed by atoms with Crippen molar-refractivity contribution < 1.29 is 9.53 Å². The van der Waals surface area contributed by atoms with Gasteiger partial charge in [-0.25, -0.2) is 4.98 Å². The van der Waals surface area contributed by atoms with Gasteiger partial charge in [-0.05, 0) is 37.9 Å². The second kappa shape index (κ2) is 11.7. The fraction of sp³-hybridized carbons (Fsp3) is 0.269. The maximum absolute atomic E-state index is 13.0. The fourth-order valence-corrected chi connectivity index (χ4v) is 4.25. The van der Waals surface area contributed by atoms with Crippen LogP contribution in [0.15, 0.2) is 67.1 Å². The summed E-state index contributed by atoms with van der Waals surface area (Å²) in [5, 5.41) is 12.2. The molecule has 4 aromatic rings. The Hall–Kier alpha value is -3.89. The molecule has 10 heteroatoms. The zero-order valence-corrected chi connectivity index (χ0v) is 21.6. The van der Waals surface area contributed by atoms with E-state index in [1.54, 1.807) is 18.5 Å². The molecule has 0 radical (unpaired) electrons. The van der Waals surface area contributed by atoms with Crippen LogP contribution in [-0.2, 0) is 0 Å². The minimum atomic E-state index is -0.318. The lowest BCUT2D eigenvalue weighted by atomic mass is 10.1. The molecule has 186 valence electrons. The third kappa shape index (κ3) is 6.41. The van der Waals surface area contributed by atoms with Gasteiger partial charge in [0.15, 0.2) is 0 Å². The fourth-order valence-electron chi connectivity index (χ4n) is 3.50. The number of pyridine rings is 2. The summed E-state index contributed by atoms with van der Waals surface area (Å²) in [5.41, 5.74) is 3.08. The van der Waals surface area contributed by atoms with Crippen LogP contribution in [-0.4, -0.2) is 65.7 Å². The van der Waals surface area contributed by atoms with Crippen LogP contribution in [0.4, 0.5) is 10.8 Å². The van der Waals surface area contributed by atoms with Gasteiger partial charge in [-0.15, -0.1) is 10.2 Å². The van der Waals surface area contributed by atoms with E-state index in [9.17, 15) is 4.79 Å². The number of amides is 1. The van der Waals surface area contributed by atoms with Gasteiger partial charge in [0.1, 0.15) is 16.8 Å². The van der Waals surface area contributed by atoms with E-state index in [2.05, 4.69) is 42.5 Å². The molecule has 0 saturated carbocycles. The summed E-state index contributed by atoms with van der Waals surface area (Å²) >= 11 is 1.29. The number of carbonyl (C=O) groups excluding carboxylic acids is 1. The largest absolute Gasteiger partial charge is 0.468 e. The van der Waals surface area contributed by atoms with Gasteiger partial charge in [-0.3, -0.25) is 15.1 Å². The first-order chi connectivity index (χ1) is 17.4. The molecule has 0 aliphatic rings. The van der Waals surface area contributed by atoms with Crippen molar-refractivity contribution in [1.29, 1.82) is 0 Å². The highest BCUT2D eigenvalue weighted by atomic mass is 32.1. The summed E-state index contributed by atoms with van der Waals surface area (Å²) in [7, 11) is 7.87. The summed E-state index contributed by atoms with van der Waals surface area (Å²) in [6.07, 6.45) is 5.53. The highest BCUT2D eigenvalue weighted by Crippen LogP contribution is 2.32. The number of nitrogens with zero attached hydrogens (tertiary/aromatic N) is 6. The molecule has 0 fully saturated rings. The molecular formula is C26H29N7O2S. The Kier molecular flexibility index (Phi) is 8.19. The van der Waals surface area contributed by atoms with Gasteiger partial charge < -0.3 is 14.5 Å². The molecule has 0 saturated heterocycles. The van der Waals surface area contributed by atoms with Crippen molar-refractivity contribution in [3.05, 3.63) is 78.2 Å². The molecule has 1 N–H and O–H groups in total. The summed E-state index contributed by atoms with van der Waals surface area (Å²) in [5.74, 6) is 0.154. The van der Waals surface area contributed by atoms with Gasteiger partial charge in [-0.2, -0.15) is 0 Å². The smallest absolute Gasteiger partial charge is 0.259 e. The number of hydrogen-bond acceptors (Lipinski definition) is 9. The Morgan fingerprint density at radius 2 is 1.81 bits per heavy atom. The molecule has 0 bridgehead atoms. The lowest BCUT2D eigenvalue weighted by Crippen LogP contribution is -2.21. The van der Waals surface area contributed by atoms with Crippen molar-refractivity contribution >= 4 is 28.1 Å². The molecular weight excluding hydrogens is 474 g/mol. The minimum absolute atomic E-state index is 0.174. The predicted molar refractivity (Wildman–Crippen MR) is 143 cm³/mol. The molecule has 9 nitrogen and oxygen atoms in total. The quantitative estimate of drug-likeness (QED) is 0.341. The van der Waals surface area contributed by atoms with Gasteiger partial charge in [0.05, 0.1) is 5.56 Å². The topological polar surface area (TPSA) is 96.4 Å². The average Bonchev–Trinajstić information content (AvgIpc) is 3.36. The number of rotatable bonds is 10. The number of ether oxygens (including phenoxy) is 1. The Morgan fingerprint density at radius 3 is 2.50 bits per heavy atom. The molecule has 1 aromatic carbocycles. The van der Waals surface area contributed by atoms with E-state index in [0.717, 1.165) is 24.1 Å². The lowest BCUT2D eigenvalue weighted by molar-refractivity contribution is 0.102. The van der Waals surface area contributed by atoms with E-state index in [-0.39, 0.29) is 12.0 Å². The van der Waals surface area contributed by atoms with E-state index in [0.29, 0.717) is 27.3 Å². The standard InChI is InChI=1S/C26H29N7O2S/c1-32(2)15-12-22(18-8-6-5-7-9-18)35-24-21(33(3)4)16-20(17-28-24)23(34)29-26-31-30-25(36-26)19-10-13-27-14-11-19/h5-11,13-14,16-17,22H,12,15H2,1-4H3,(H,29,31,34)/t22-/m0/s1. The number of nitrogens with one attached hydrogen (secondary N) is 1. The molecule has 0 aliphatic carbocycles. The number of aromatic nitrogens is 4. The van der Waals surface area contributed by atoms with Crippen molar-refractivity contribution in [1.82, 2.24) is 25.1 Å². The molecule has 0 spiro atoms. The second-order valence-electron chi connectivity index (χ2n) is 8.65. The number of anilines is 2. The van der Waals surface area contributed by atoms with Crippen LogP contribution in [0.1, 0.15) is 28.4 Å². The summed E-state index contributed by atoms with van der Waals surface area (Å²) in [6, 6.07) is 15.6. The van der Waals surface area contributed by atoms with Crippen LogP contribution in [0.25, 0.3) is 10.6 Å². The third-order valence-electron chi connectivity index (χ3n) is 5.41. The van der Waals surface area contributed by atoms with Crippen LogP contribution in [0.5, 0.6) is 5.88 Å². The van der Waals surface area contributed by atoms with E-state index >= 15 is 0 Å². The van der Waals surface area contributed by atoms with Crippen molar-refractivity contribution in [2.45, 2.75) is 12.5 Å². The van der Waals surface area contributed by atoms with Gasteiger partial charge in [-0.1, -0.05) is 41.7 Å². The molecule has 1 atom stereocenters. The molecule has 1 amide bonds. The zero-order valence-electron chi connectivity index (χ0n) is 20.8. The first-order valence-electron chi connectivity index (χ1n) is 11.5. The predicted octanol–water partition coefficient (Wildman–Crippen LogP) is 4.39. The highest BCUT2D eigenvalue weighted by Gasteiger charge is 2.20. The van der Waals surface area contributed by atoms with E-state index < -0.39 is 0 Å². The Morgan fingerprint density at radius 1 is 1.06 bits per heavy atom. The average molecular weight is 504 g/mol. The number of benzene rings is 1. The maximum Gasteiger partial charge on any atom is 0.259 e.